The van der Waals surface area contributed by atoms with E-state index in [1.54, 1.807) is 12.1 Å². The third-order valence-electron chi connectivity index (χ3n) is 4.71. The molecule has 5 rings (SSSR count). The molecule has 10 heteroatoms. The molecule has 2 aromatic carbocycles. The van der Waals surface area contributed by atoms with Crippen LogP contribution in [-0.2, 0) is 12.8 Å². The lowest BCUT2D eigenvalue weighted by atomic mass is 10.1. The van der Waals surface area contributed by atoms with E-state index in [0.29, 0.717) is 26.8 Å². The molecule has 33 heavy (non-hydrogen) atoms. The maximum atomic E-state index is 13.0. The van der Waals surface area contributed by atoms with Crippen molar-refractivity contribution in [2.24, 2.45) is 0 Å². The number of nitrogens with zero attached hydrogens (tertiary/aromatic N) is 3. The van der Waals surface area contributed by atoms with E-state index in [9.17, 15) is 18.0 Å². The van der Waals surface area contributed by atoms with Crippen molar-refractivity contribution in [1.29, 1.82) is 0 Å². The third kappa shape index (κ3) is 4.37. The van der Waals surface area contributed by atoms with Crippen molar-refractivity contribution in [2.75, 3.05) is 0 Å². The molecule has 3 heterocycles. The summed E-state index contributed by atoms with van der Waals surface area (Å²) in [7, 11) is 0. The summed E-state index contributed by atoms with van der Waals surface area (Å²) in [5, 5.41) is 4.20. The van der Waals surface area contributed by atoms with Crippen LogP contribution in [0.4, 0.5) is 13.2 Å². The van der Waals surface area contributed by atoms with Gasteiger partial charge in [-0.25, -0.2) is 0 Å². The minimum atomic E-state index is -4.45. The molecule has 0 bridgehead atoms. The van der Waals surface area contributed by atoms with Crippen molar-refractivity contribution in [3.8, 4) is 17.1 Å². The van der Waals surface area contributed by atoms with Gasteiger partial charge in [0.15, 0.2) is 5.82 Å². The molecule has 0 saturated carbocycles. The molecule has 6 nitrogen and oxygen atoms in total. The second-order valence-electron chi connectivity index (χ2n) is 7.02. The van der Waals surface area contributed by atoms with Gasteiger partial charge < -0.3 is 9.15 Å². The molecule has 166 valence electrons. The summed E-state index contributed by atoms with van der Waals surface area (Å²) < 4.78 is 51.7. The molecule has 0 radical (unpaired) electrons. The highest BCUT2D eigenvalue weighted by molar-refractivity contribution is 7.15. The highest BCUT2D eigenvalue weighted by Gasteiger charge is 2.30. The van der Waals surface area contributed by atoms with Crippen LogP contribution >= 0.6 is 11.3 Å². The molecule has 0 aliphatic rings. The van der Waals surface area contributed by atoms with Crippen LogP contribution in [0, 0.1) is 0 Å². The van der Waals surface area contributed by atoms with Crippen LogP contribution in [0.2, 0.25) is 0 Å². The summed E-state index contributed by atoms with van der Waals surface area (Å²) in [6, 6.07) is 17.2. The molecule has 0 saturated heterocycles. The van der Waals surface area contributed by atoms with Gasteiger partial charge in [-0.05, 0) is 36.4 Å². The predicted octanol–water partition coefficient (Wildman–Crippen LogP) is 4.56. The van der Waals surface area contributed by atoms with Crippen LogP contribution in [0.25, 0.3) is 22.4 Å². The van der Waals surface area contributed by atoms with Crippen molar-refractivity contribution in [3.05, 3.63) is 98.8 Å². The normalized spacial score (nSPS) is 12.5. The van der Waals surface area contributed by atoms with E-state index in [1.807, 2.05) is 30.3 Å². The van der Waals surface area contributed by atoms with Gasteiger partial charge in [-0.15, -0.1) is 5.10 Å². The number of hydrogen-bond donors (Lipinski definition) is 0. The van der Waals surface area contributed by atoms with Gasteiger partial charge in [0.25, 0.3) is 5.56 Å². The Balaban J connectivity index is 1.39. The SMILES string of the molecule is O=c1c(=Cc2ccc(-c3cccc(C(F)(F)F)c3)o2)sc2nc(COc3ccccc3)nn12. The van der Waals surface area contributed by atoms with Crippen molar-refractivity contribution < 1.29 is 22.3 Å². The Morgan fingerprint density at radius 3 is 2.64 bits per heavy atom. The Hall–Kier alpha value is -3.92. The smallest absolute Gasteiger partial charge is 0.416 e. The third-order valence-corrected chi connectivity index (χ3v) is 5.67. The van der Waals surface area contributed by atoms with Gasteiger partial charge in [0, 0.05) is 11.6 Å². The molecule has 0 amide bonds. The Bertz CT molecular complexity index is 1540. The lowest BCUT2D eigenvalue weighted by Crippen LogP contribution is -2.23. The average molecular weight is 469 g/mol. The van der Waals surface area contributed by atoms with Crippen molar-refractivity contribution in [1.82, 2.24) is 14.6 Å². The van der Waals surface area contributed by atoms with E-state index in [4.69, 9.17) is 9.15 Å². The molecule has 5 aromatic rings. The summed E-state index contributed by atoms with van der Waals surface area (Å²) in [5.41, 5.74) is -0.843. The second-order valence-corrected chi connectivity index (χ2v) is 8.03. The number of hydrogen-bond acceptors (Lipinski definition) is 6. The molecule has 0 atom stereocenters. The van der Waals surface area contributed by atoms with Crippen LogP contribution in [0.3, 0.4) is 0 Å². The fraction of sp³-hybridized carbons (Fsp3) is 0.0870. The first-order valence-corrected chi connectivity index (χ1v) is 10.5. The molecule has 3 aromatic heterocycles. The fourth-order valence-electron chi connectivity index (χ4n) is 3.16. The topological polar surface area (TPSA) is 69.6 Å². The van der Waals surface area contributed by atoms with E-state index in [0.717, 1.165) is 23.5 Å². The van der Waals surface area contributed by atoms with Crippen LogP contribution in [0.5, 0.6) is 5.75 Å². The second kappa shape index (κ2) is 8.21. The first-order valence-electron chi connectivity index (χ1n) is 9.72. The van der Waals surface area contributed by atoms with E-state index >= 15 is 0 Å². The van der Waals surface area contributed by atoms with Crippen LogP contribution in [-0.4, -0.2) is 14.6 Å². The first kappa shape index (κ1) is 21.0. The lowest BCUT2D eigenvalue weighted by Gasteiger charge is -2.07. The van der Waals surface area contributed by atoms with Gasteiger partial charge in [0.2, 0.25) is 4.96 Å². The minimum absolute atomic E-state index is 0.120. The number of halogens is 3. The quantitative estimate of drug-likeness (QED) is 0.378. The Morgan fingerprint density at radius 2 is 1.88 bits per heavy atom. The monoisotopic (exact) mass is 469 g/mol. The molecule has 0 aliphatic heterocycles. The first-order chi connectivity index (χ1) is 15.9. The number of para-hydroxylation sites is 1. The maximum Gasteiger partial charge on any atom is 0.416 e. The largest absolute Gasteiger partial charge is 0.486 e. The zero-order valence-corrected chi connectivity index (χ0v) is 17.6. The number of fused-ring (bicyclic) bond motifs is 1. The number of aromatic nitrogens is 3. The minimum Gasteiger partial charge on any atom is -0.486 e. The zero-order chi connectivity index (χ0) is 23.0. The van der Waals surface area contributed by atoms with Gasteiger partial charge in [-0.1, -0.05) is 41.7 Å². The van der Waals surface area contributed by atoms with E-state index in [1.165, 1.54) is 22.7 Å². The number of ether oxygens (including phenoxy) is 1. The van der Waals surface area contributed by atoms with Crippen LogP contribution in [0.15, 0.2) is 75.9 Å². The molecule has 0 spiro atoms. The standard InChI is InChI=1S/C23H14F3N3O3S/c24-23(25,26)15-6-4-5-14(11-15)18-10-9-17(32-18)12-19-21(30)29-22(33-19)27-20(28-29)13-31-16-7-2-1-3-8-16/h1-12H,13H2. The van der Waals surface area contributed by atoms with E-state index in [2.05, 4.69) is 10.1 Å². The summed E-state index contributed by atoms with van der Waals surface area (Å²) in [6.07, 6.45) is -2.93. The van der Waals surface area contributed by atoms with Gasteiger partial charge in [-0.2, -0.15) is 22.7 Å². The molecular weight excluding hydrogens is 455 g/mol. The number of alkyl halides is 3. The van der Waals surface area contributed by atoms with Crippen LogP contribution < -0.4 is 14.8 Å². The Labute approximate surface area is 188 Å². The number of thiazole rings is 1. The zero-order valence-electron chi connectivity index (χ0n) is 16.7. The van der Waals surface area contributed by atoms with Crippen LogP contribution in [0.1, 0.15) is 17.1 Å². The molecule has 0 fully saturated rings. The number of benzene rings is 2. The van der Waals surface area contributed by atoms with Gasteiger partial charge in [0.05, 0.1) is 5.56 Å². The van der Waals surface area contributed by atoms with Crippen molar-refractivity contribution in [3.63, 3.8) is 0 Å². The van der Waals surface area contributed by atoms with Gasteiger partial charge in [0.1, 0.15) is 28.4 Å². The van der Waals surface area contributed by atoms with E-state index in [-0.39, 0.29) is 23.5 Å². The molecule has 0 aliphatic carbocycles. The van der Waals surface area contributed by atoms with Gasteiger partial charge in [-0.3, -0.25) is 4.79 Å². The molecular formula is C23H14F3N3O3S. The van der Waals surface area contributed by atoms with E-state index < -0.39 is 11.7 Å². The highest BCUT2D eigenvalue weighted by Crippen LogP contribution is 2.32. The molecule has 0 N–H and O–H groups in total. The summed E-state index contributed by atoms with van der Waals surface area (Å²) in [4.78, 5) is 17.4. The summed E-state index contributed by atoms with van der Waals surface area (Å²) in [6.45, 7) is 0.120. The predicted molar refractivity (Wildman–Crippen MR) is 116 cm³/mol. The maximum absolute atomic E-state index is 13.0. The number of furan rings is 1. The molecule has 0 unspecified atom stereocenters. The Morgan fingerprint density at radius 1 is 1.06 bits per heavy atom. The number of rotatable bonds is 5. The average Bonchev–Trinajstić information content (AvgIpc) is 3.50. The summed E-state index contributed by atoms with van der Waals surface area (Å²) in [5.74, 6) is 1.64. The lowest BCUT2D eigenvalue weighted by molar-refractivity contribution is -0.137. The highest BCUT2D eigenvalue weighted by atomic mass is 32.1. The van der Waals surface area contributed by atoms with Gasteiger partial charge >= 0.3 is 6.18 Å². The Kier molecular flexibility index (Phi) is 5.21. The van der Waals surface area contributed by atoms with Crippen molar-refractivity contribution >= 4 is 22.4 Å². The van der Waals surface area contributed by atoms with Crippen molar-refractivity contribution in [2.45, 2.75) is 12.8 Å². The fourth-order valence-corrected chi connectivity index (χ4v) is 4.07. The summed E-state index contributed by atoms with van der Waals surface area (Å²) >= 11 is 1.13.